The maximum absolute atomic E-state index is 11.8. The third kappa shape index (κ3) is 2.02. The van der Waals surface area contributed by atoms with Gasteiger partial charge in [0.05, 0.1) is 18.4 Å². The van der Waals surface area contributed by atoms with E-state index in [2.05, 4.69) is 35.5 Å². The van der Waals surface area contributed by atoms with Gasteiger partial charge in [-0.15, -0.1) is 0 Å². The number of pyridine rings is 1. The van der Waals surface area contributed by atoms with E-state index in [9.17, 15) is 4.79 Å². The molecule has 0 aromatic carbocycles. The van der Waals surface area contributed by atoms with Gasteiger partial charge in [-0.25, -0.2) is 4.98 Å². The molecule has 104 valence electrons. The molecule has 4 aromatic rings. The smallest absolute Gasteiger partial charge is 0.263 e. The van der Waals surface area contributed by atoms with E-state index in [1.807, 2.05) is 24.4 Å². The quantitative estimate of drug-likeness (QED) is 0.449. The Morgan fingerprint density at radius 1 is 1.14 bits per heavy atom. The van der Waals surface area contributed by atoms with Gasteiger partial charge in [-0.3, -0.25) is 14.9 Å². The van der Waals surface area contributed by atoms with Gasteiger partial charge in [0.1, 0.15) is 11.0 Å². The second-order valence-electron chi connectivity index (χ2n) is 4.62. The fraction of sp³-hybridized carbons (Fsp3) is 0.0769. The molecule has 0 unspecified atom stereocenters. The lowest BCUT2D eigenvalue weighted by molar-refractivity contribution is 1.01. The predicted octanol–water partition coefficient (Wildman–Crippen LogP) is 1.13. The third-order valence-corrected chi connectivity index (χ3v) is 3.22. The first kappa shape index (κ1) is 11.6. The molecule has 0 aliphatic rings. The van der Waals surface area contributed by atoms with Crippen LogP contribution in [0.3, 0.4) is 0 Å². The second kappa shape index (κ2) is 4.44. The number of rotatable bonds is 3. The highest BCUT2D eigenvalue weighted by Crippen LogP contribution is 2.11. The van der Waals surface area contributed by atoms with Gasteiger partial charge in [0.25, 0.3) is 5.56 Å². The van der Waals surface area contributed by atoms with Crippen molar-refractivity contribution < 1.29 is 0 Å². The van der Waals surface area contributed by atoms with Crippen LogP contribution in [0.5, 0.6) is 0 Å². The van der Waals surface area contributed by atoms with Gasteiger partial charge >= 0.3 is 0 Å². The van der Waals surface area contributed by atoms with Crippen molar-refractivity contribution >= 4 is 28.0 Å². The van der Waals surface area contributed by atoms with E-state index >= 15 is 0 Å². The van der Waals surface area contributed by atoms with Gasteiger partial charge in [-0.05, 0) is 18.2 Å². The topological polar surface area (TPSA) is 115 Å². The molecular weight excluding hydrogens is 270 g/mol. The van der Waals surface area contributed by atoms with Crippen molar-refractivity contribution in [3.05, 3.63) is 46.6 Å². The van der Waals surface area contributed by atoms with Gasteiger partial charge in [0.15, 0.2) is 5.65 Å². The molecule has 0 bridgehead atoms. The van der Waals surface area contributed by atoms with Crippen LogP contribution in [0.25, 0.3) is 22.1 Å². The van der Waals surface area contributed by atoms with E-state index < -0.39 is 0 Å². The Bertz CT molecular complexity index is 981. The van der Waals surface area contributed by atoms with Crippen molar-refractivity contribution in [1.29, 1.82) is 0 Å². The summed E-state index contributed by atoms with van der Waals surface area (Å²) in [5.41, 5.74) is 1.90. The molecule has 4 aromatic heterocycles. The van der Waals surface area contributed by atoms with Crippen LogP contribution < -0.4 is 10.9 Å². The Kier molecular flexibility index (Phi) is 2.46. The summed E-state index contributed by atoms with van der Waals surface area (Å²) in [6.45, 7) is 0.456. The SMILES string of the molecule is O=c1[nH]c(NCc2ccc3cc[nH]c3n2)nc2[nH]ncc12. The number of aromatic amines is 3. The Morgan fingerprint density at radius 2 is 2.10 bits per heavy atom. The highest BCUT2D eigenvalue weighted by atomic mass is 16.1. The van der Waals surface area contributed by atoms with E-state index in [0.29, 0.717) is 23.5 Å². The number of H-pyrrole nitrogens is 3. The summed E-state index contributed by atoms with van der Waals surface area (Å²) in [6.07, 6.45) is 3.30. The van der Waals surface area contributed by atoms with Gasteiger partial charge < -0.3 is 10.3 Å². The molecule has 8 nitrogen and oxygen atoms in total. The van der Waals surface area contributed by atoms with Crippen molar-refractivity contribution in [2.24, 2.45) is 0 Å². The van der Waals surface area contributed by atoms with Crippen LogP contribution in [0.15, 0.2) is 35.4 Å². The van der Waals surface area contributed by atoms with Crippen molar-refractivity contribution in [1.82, 2.24) is 30.1 Å². The summed E-state index contributed by atoms with van der Waals surface area (Å²) in [7, 11) is 0. The van der Waals surface area contributed by atoms with Crippen molar-refractivity contribution in [2.75, 3.05) is 5.32 Å². The maximum Gasteiger partial charge on any atom is 0.263 e. The number of hydrogen-bond acceptors (Lipinski definition) is 5. The Morgan fingerprint density at radius 3 is 3.05 bits per heavy atom. The highest BCUT2D eigenvalue weighted by molar-refractivity contribution is 5.75. The number of nitrogens with zero attached hydrogens (tertiary/aromatic N) is 3. The zero-order valence-electron chi connectivity index (χ0n) is 10.8. The molecule has 0 atom stereocenters. The van der Waals surface area contributed by atoms with Gasteiger partial charge in [0, 0.05) is 11.6 Å². The van der Waals surface area contributed by atoms with Gasteiger partial charge in [0.2, 0.25) is 5.95 Å². The Hall–Kier alpha value is -3.16. The fourth-order valence-electron chi connectivity index (χ4n) is 2.17. The Balaban J connectivity index is 1.60. The molecule has 21 heavy (non-hydrogen) atoms. The lowest BCUT2D eigenvalue weighted by atomic mass is 10.3. The maximum atomic E-state index is 11.8. The highest BCUT2D eigenvalue weighted by Gasteiger charge is 2.05. The number of anilines is 1. The summed E-state index contributed by atoms with van der Waals surface area (Å²) in [6, 6.07) is 5.88. The zero-order valence-corrected chi connectivity index (χ0v) is 10.8. The second-order valence-corrected chi connectivity index (χ2v) is 4.62. The van der Waals surface area contributed by atoms with Crippen LogP contribution >= 0.6 is 0 Å². The molecule has 4 N–H and O–H groups in total. The summed E-state index contributed by atoms with van der Waals surface area (Å²) in [4.78, 5) is 26.2. The first-order valence-electron chi connectivity index (χ1n) is 6.40. The Labute approximate surface area is 117 Å². The fourth-order valence-corrected chi connectivity index (χ4v) is 2.17. The monoisotopic (exact) mass is 281 g/mol. The molecule has 4 heterocycles. The molecule has 4 rings (SSSR count). The minimum Gasteiger partial charge on any atom is -0.350 e. The van der Waals surface area contributed by atoms with Crippen LogP contribution in [-0.2, 0) is 6.54 Å². The number of nitrogens with one attached hydrogen (secondary N) is 4. The molecule has 0 saturated heterocycles. The molecule has 0 saturated carbocycles. The van der Waals surface area contributed by atoms with Crippen LogP contribution in [0.4, 0.5) is 5.95 Å². The first-order chi connectivity index (χ1) is 10.3. The van der Waals surface area contributed by atoms with Crippen LogP contribution in [-0.4, -0.2) is 30.1 Å². The minimum atomic E-state index is -0.232. The average Bonchev–Trinajstić information content (AvgIpc) is 3.13. The summed E-state index contributed by atoms with van der Waals surface area (Å²) < 4.78 is 0. The van der Waals surface area contributed by atoms with Gasteiger partial charge in [-0.1, -0.05) is 0 Å². The summed E-state index contributed by atoms with van der Waals surface area (Å²) >= 11 is 0. The normalized spacial score (nSPS) is 11.2. The van der Waals surface area contributed by atoms with E-state index in [0.717, 1.165) is 16.7 Å². The standard InChI is InChI=1S/C13H11N7O/c21-12-9-6-16-20-11(9)18-13(19-12)15-5-8-2-1-7-3-4-14-10(7)17-8/h1-4,6H,5H2,(H,14,17)(H3,15,16,18,19,20,21). The number of fused-ring (bicyclic) bond motifs is 2. The minimum absolute atomic E-state index is 0.232. The molecule has 8 heteroatoms. The van der Waals surface area contributed by atoms with E-state index in [-0.39, 0.29) is 5.56 Å². The van der Waals surface area contributed by atoms with Crippen LogP contribution in [0, 0.1) is 0 Å². The largest absolute Gasteiger partial charge is 0.350 e. The van der Waals surface area contributed by atoms with Crippen molar-refractivity contribution in [3.63, 3.8) is 0 Å². The van der Waals surface area contributed by atoms with Gasteiger partial charge in [-0.2, -0.15) is 10.1 Å². The van der Waals surface area contributed by atoms with Crippen molar-refractivity contribution in [2.45, 2.75) is 6.54 Å². The number of aromatic nitrogens is 6. The third-order valence-electron chi connectivity index (χ3n) is 3.22. The van der Waals surface area contributed by atoms with Crippen LogP contribution in [0.1, 0.15) is 5.69 Å². The van der Waals surface area contributed by atoms with E-state index in [1.54, 1.807) is 0 Å². The molecular formula is C13H11N7O. The van der Waals surface area contributed by atoms with Crippen molar-refractivity contribution in [3.8, 4) is 0 Å². The van der Waals surface area contributed by atoms with Crippen LogP contribution in [0.2, 0.25) is 0 Å². The molecule has 0 amide bonds. The molecule has 0 spiro atoms. The first-order valence-corrected chi connectivity index (χ1v) is 6.40. The van der Waals surface area contributed by atoms with E-state index in [4.69, 9.17) is 0 Å². The lowest BCUT2D eigenvalue weighted by Crippen LogP contribution is -2.13. The molecule has 0 aliphatic heterocycles. The zero-order chi connectivity index (χ0) is 14.2. The summed E-state index contributed by atoms with van der Waals surface area (Å²) in [5.74, 6) is 0.380. The molecule has 0 radical (unpaired) electrons. The number of hydrogen-bond donors (Lipinski definition) is 4. The summed E-state index contributed by atoms with van der Waals surface area (Å²) in [5, 5.41) is 11.0. The average molecular weight is 281 g/mol. The van der Waals surface area contributed by atoms with E-state index in [1.165, 1.54) is 6.20 Å². The molecule has 0 aliphatic carbocycles. The predicted molar refractivity (Wildman–Crippen MR) is 77.9 cm³/mol. The molecule has 0 fully saturated rings. The lowest BCUT2D eigenvalue weighted by Gasteiger charge is -2.04.